The van der Waals surface area contributed by atoms with Crippen molar-refractivity contribution in [3.63, 3.8) is 0 Å². The molecule has 102 valence electrons. The van der Waals surface area contributed by atoms with Crippen LogP contribution in [-0.2, 0) is 9.59 Å². The van der Waals surface area contributed by atoms with Crippen LogP contribution in [0.1, 0.15) is 23.5 Å². The Hall–Kier alpha value is -1.89. The van der Waals surface area contributed by atoms with Crippen LogP contribution in [0, 0.1) is 0 Å². The number of rotatable bonds is 2. The highest BCUT2D eigenvalue weighted by atomic mass is 32.1. The summed E-state index contributed by atoms with van der Waals surface area (Å²) < 4.78 is 5.10. The van der Waals surface area contributed by atoms with Crippen molar-refractivity contribution in [2.75, 3.05) is 13.7 Å². The minimum Gasteiger partial charge on any atom is -0.495 e. The van der Waals surface area contributed by atoms with E-state index in [9.17, 15) is 14.4 Å². The second-order valence-corrected chi connectivity index (χ2v) is 5.56. The van der Waals surface area contributed by atoms with Crippen molar-refractivity contribution in [3.05, 3.63) is 16.3 Å². The second kappa shape index (κ2) is 4.65. The number of amides is 3. The minimum absolute atomic E-state index is 0.140. The molecule has 1 aromatic heterocycles. The Bertz CT molecular complexity index is 550. The highest BCUT2D eigenvalue weighted by Crippen LogP contribution is 2.29. The average molecular weight is 282 g/mol. The van der Waals surface area contributed by atoms with Crippen LogP contribution in [0.3, 0.4) is 0 Å². The van der Waals surface area contributed by atoms with Crippen molar-refractivity contribution in [2.24, 2.45) is 0 Å². The molecule has 0 spiro atoms. The van der Waals surface area contributed by atoms with E-state index in [1.807, 2.05) is 0 Å². The molecular formula is C12H14N2O4S. The standard InChI is InChI=1S/C12H14N2O4S/c1-12(2)11(17)13-8(15)6-14(12)10(16)9-7(18-3)4-5-19-9/h4-5H,6H2,1-3H3,(H,13,15,17). The molecule has 2 rings (SSSR count). The van der Waals surface area contributed by atoms with E-state index in [1.54, 1.807) is 25.3 Å². The number of piperazine rings is 1. The molecule has 0 radical (unpaired) electrons. The van der Waals surface area contributed by atoms with Crippen molar-refractivity contribution in [1.82, 2.24) is 10.2 Å². The van der Waals surface area contributed by atoms with Crippen LogP contribution in [0.15, 0.2) is 11.4 Å². The molecule has 0 aliphatic carbocycles. The summed E-state index contributed by atoms with van der Waals surface area (Å²) in [5.74, 6) is -0.884. The number of thiophene rings is 1. The number of ether oxygens (including phenoxy) is 1. The molecule has 0 unspecified atom stereocenters. The second-order valence-electron chi connectivity index (χ2n) is 4.65. The van der Waals surface area contributed by atoms with Crippen LogP contribution in [0.2, 0.25) is 0 Å². The van der Waals surface area contributed by atoms with Gasteiger partial charge in [-0.3, -0.25) is 19.7 Å². The lowest BCUT2D eigenvalue weighted by Crippen LogP contribution is -2.65. The lowest BCUT2D eigenvalue weighted by molar-refractivity contribution is -0.143. The van der Waals surface area contributed by atoms with Gasteiger partial charge in [-0.15, -0.1) is 11.3 Å². The van der Waals surface area contributed by atoms with E-state index in [-0.39, 0.29) is 12.5 Å². The van der Waals surface area contributed by atoms with Crippen molar-refractivity contribution in [1.29, 1.82) is 0 Å². The highest BCUT2D eigenvalue weighted by Gasteiger charge is 2.44. The zero-order chi connectivity index (χ0) is 14.2. The van der Waals surface area contributed by atoms with Gasteiger partial charge in [0.25, 0.3) is 11.8 Å². The number of nitrogens with one attached hydrogen (secondary N) is 1. The van der Waals surface area contributed by atoms with Crippen molar-refractivity contribution in [2.45, 2.75) is 19.4 Å². The maximum absolute atomic E-state index is 12.5. The van der Waals surface area contributed by atoms with Crippen LogP contribution in [0.25, 0.3) is 0 Å². The first-order valence-electron chi connectivity index (χ1n) is 5.65. The molecule has 1 fully saturated rings. The van der Waals surface area contributed by atoms with Gasteiger partial charge in [0, 0.05) is 0 Å². The van der Waals surface area contributed by atoms with E-state index in [1.165, 1.54) is 23.3 Å². The third-order valence-corrected chi connectivity index (χ3v) is 3.96. The third-order valence-electron chi connectivity index (χ3n) is 3.07. The predicted octanol–water partition coefficient (Wildman–Crippen LogP) is 0.634. The van der Waals surface area contributed by atoms with E-state index in [2.05, 4.69) is 5.32 Å². The number of carbonyl (C=O) groups excluding carboxylic acids is 3. The molecule has 1 aliphatic rings. The topological polar surface area (TPSA) is 75.7 Å². The summed E-state index contributed by atoms with van der Waals surface area (Å²) in [5, 5.41) is 3.96. The molecule has 3 amide bonds. The number of nitrogens with zero attached hydrogens (tertiary/aromatic N) is 1. The summed E-state index contributed by atoms with van der Waals surface area (Å²) >= 11 is 1.22. The van der Waals surface area contributed by atoms with Gasteiger partial charge in [0.05, 0.1) is 7.11 Å². The Morgan fingerprint density at radius 2 is 2.16 bits per heavy atom. The number of carbonyl (C=O) groups is 3. The summed E-state index contributed by atoms with van der Waals surface area (Å²) in [4.78, 5) is 37.4. The maximum Gasteiger partial charge on any atom is 0.269 e. The quantitative estimate of drug-likeness (QED) is 0.807. The van der Waals surface area contributed by atoms with E-state index in [0.717, 1.165) is 0 Å². The zero-order valence-electron chi connectivity index (χ0n) is 10.9. The van der Waals surface area contributed by atoms with Crippen molar-refractivity contribution in [3.8, 4) is 5.75 Å². The van der Waals surface area contributed by atoms with Gasteiger partial charge in [-0.05, 0) is 25.3 Å². The fraction of sp³-hybridized carbons (Fsp3) is 0.417. The molecule has 1 aliphatic heterocycles. The van der Waals surface area contributed by atoms with E-state index in [4.69, 9.17) is 4.74 Å². The van der Waals surface area contributed by atoms with Crippen LogP contribution >= 0.6 is 11.3 Å². The summed E-state index contributed by atoms with van der Waals surface area (Å²) in [6.07, 6.45) is 0. The summed E-state index contributed by atoms with van der Waals surface area (Å²) in [6.45, 7) is 3.07. The molecular weight excluding hydrogens is 268 g/mol. The Labute approximate surface area is 114 Å². The molecule has 2 heterocycles. The lowest BCUT2D eigenvalue weighted by Gasteiger charge is -2.39. The van der Waals surface area contributed by atoms with Crippen LogP contribution in [-0.4, -0.2) is 41.8 Å². The molecule has 1 aromatic rings. The SMILES string of the molecule is COc1ccsc1C(=O)N1CC(=O)NC(=O)C1(C)C. The van der Waals surface area contributed by atoms with Crippen molar-refractivity contribution >= 4 is 29.1 Å². The Kier molecular flexibility index (Phi) is 3.32. The number of hydrogen-bond acceptors (Lipinski definition) is 5. The normalized spacial score (nSPS) is 18.2. The van der Waals surface area contributed by atoms with E-state index in [0.29, 0.717) is 10.6 Å². The summed E-state index contributed by atoms with van der Waals surface area (Å²) in [7, 11) is 1.47. The first-order valence-corrected chi connectivity index (χ1v) is 6.53. The van der Waals surface area contributed by atoms with Gasteiger partial charge in [0.1, 0.15) is 22.7 Å². The number of hydrogen-bond donors (Lipinski definition) is 1. The molecule has 0 aromatic carbocycles. The lowest BCUT2D eigenvalue weighted by atomic mass is 9.98. The van der Waals surface area contributed by atoms with Gasteiger partial charge in [0.2, 0.25) is 5.91 Å². The average Bonchev–Trinajstić information content (AvgIpc) is 2.81. The van der Waals surface area contributed by atoms with Crippen LogP contribution < -0.4 is 10.1 Å². The third kappa shape index (κ3) is 2.21. The van der Waals surface area contributed by atoms with Crippen LogP contribution in [0.4, 0.5) is 0 Å². The van der Waals surface area contributed by atoms with Gasteiger partial charge >= 0.3 is 0 Å². The smallest absolute Gasteiger partial charge is 0.269 e. The summed E-state index contributed by atoms with van der Waals surface area (Å²) in [5.41, 5.74) is -1.07. The Morgan fingerprint density at radius 3 is 2.79 bits per heavy atom. The monoisotopic (exact) mass is 282 g/mol. The van der Waals surface area contributed by atoms with Gasteiger partial charge in [-0.2, -0.15) is 0 Å². The predicted molar refractivity (Wildman–Crippen MR) is 69.1 cm³/mol. The first-order chi connectivity index (χ1) is 8.87. The van der Waals surface area contributed by atoms with Gasteiger partial charge in [0.15, 0.2) is 0 Å². The number of methoxy groups -OCH3 is 1. The molecule has 0 saturated carbocycles. The first kappa shape index (κ1) is 13.5. The summed E-state index contributed by atoms with van der Waals surface area (Å²) in [6, 6.07) is 1.68. The highest BCUT2D eigenvalue weighted by molar-refractivity contribution is 7.12. The molecule has 0 atom stereocenters. The molecule has 1 N–H and O–H groups in total. The fourth-order valence-electron chi connectivity index (χ4n) is 1.85. The molecule has 19 heavy (non-hydrogen) atoms. The Balaban J connectivity index is 2.36. The van der Waals surface area contributed by atoms with Gasteiger partial charge in [-0.1, -0.05) is 0 Å². The van der Waals surface area contributed by atoms with Gasteiger partial charge in [-0.25, -0.2) is 0 Å². The minimum atomic E-state index is -1.07. The fourth-order valence-corrected chi connectivity index (χ4v) is 2.65. The molecule has 6 nitrogen and oxygen atoms in total. The molecule has 0 bridgehead atoms. The maximum atomic E-state index is 12.5. The number of imide groups is 1. The van der Waals surface area contributed by atoms with Gasteiger partial charge < -0.3 is 9.64 Å². The Morgan fingerprint density at radius 1 is 1.47 bits per heavy atom. The van der Waals surface area contributed by atoms with Crippen LogP contribution in [0.5, 0.6) is 5.75 Å². The molecule has 7 heteroatoms. The zero-order valence-corrected chi connectivity index (χ0v) is 11.7. The van der Waals surface area contributed by atoms with E-state index >= 15 is 0 Å². The molecule has 1 saturated heterocycles. The largest absolute Gasteiger partial charge is 0.495 e. The van der Waals surface area contributed by atoms with E-state index < -0.39 is 17.4 Å². The van der Waals surface area contributed by atoms with Crippen molar-refractivity contribution < 1.29 is 19.1 Å².